The molecule has 1 saturated carbocycles. The Morgan fingerprint density at radius 3 is 2.22 bits per heavy atom. The first-order valence-corrected chi connectivity index (χ1v) is 10.5. The minimum atomic E-state index is 0. The Morgan fingerprint density at radius 1 is 1.04 bits per heavy atom. The molecule has 1 aliphatic rings. The molecule has 0 spiro atoms. The van der Waals surface area contributed by atoms with Gasteiger partial charge in [0.15, 0.2) is 5.96 Å². The number of carbonyl (C=O) groups is 1. The molecule has 1 amide bonds. The lowest BCUT2D eigenvalue weighted by Gasteiger charge is -2.29. The van der Waals surface area contributed by atoms with E-state index in [2.05, 4.69) is 29.8 Å². The minimum absolute atomic E-state index is 0. The number of carbonyl (C=O) groups excluding carboxylic acids is 1. The molecule has 1 aliphatic carbocycles. The third-order valence-corrected chi connectivity index (χ3v) is 5.75. The molecule has 4 N–H and O–H groups in total. The van der Waals surface area contributed by atoms with Gasteiger partial charge in [0.1, 0.15) is 0 Å². The Hall–Kier alpha value is -0.570. The Kier molecular flexibility index (Phi) is 15.0. The van der Waals surface area contributed by atoms with Crippen molar-refractivity contribution in [3.63, 3.8) is 0 Å². The highest BCUT2D eigenvalue weighted by Crippen LogP contribution is 2.30. The normalized spacial score (nSPS) is 15.8. The molecule has 0 atom stereocenters. The summed E-state index contributed by atoms with van der Waals surface area (Å²) in [6.45, 7) is 9.34. The Morgan fingerprint density at radius 2 is 1.67 bits per heavy atom. The van der Waals surface area contributed by atoms with Gasteiger partial charge in [-0.05, 0) is 44.4 Å². The third-order valence-electron chi connectivity index (χ3n) is 5.75. The molecule has 6 nitrogen and oxygen atoms in total. The molecule has 0 bridgehead atoms. The van der Waals surface area contributed by atoms with E-state index in [4.69, 9.17) is 4.99 Å². The lowest BCUT2D eigenvalue weighted by molar-refractivity contribution is -0.125. The van der Waals surface area contributed by atoms with Crippen molar-refractivity contribution in [3.05, 3.63) is 0 Å². The van der Waals surface area contributed by atoms with Gasteiger partial charge in [-0.25, -0.2) is 0 Å². The lowest BCUT2D eigenvalue weighted by Crippen LogP contribution is -2.43. The van der Waals surface area contributed by atoms with Crippen molar-refractivity contribution >= 4 is 35.8 Å². The van der Waals surface area contributed by atoms with Gasteiger partial charge in [-0.3, -0.25) is 9.79 Å². The molecular weight excluding hydrogens is 455 g/mol. The second-order valence-corrected chi connectivity index (χ2v) is 7.43. The van der Waals surface area contributed by atoms with E-state index in [1.807, 2.05) is 6.92 Å². The first-order valence-electron chi connectivity index (χ1n) is 10.5. The Labute approximate surface area is 182 Å². The van der Waals surface area contributed by atoms with Gasteiger partial charge in [0, 0.05) is 38.7 Å². The van der Waals surface area contributed by atoms with Crippen molar-refractivity contribution in [1.29, 1.82) is 0 Å². The Balaban J connectivity index is 0.00000676. The number of hydrogen-bond acceptors (Lipinski definition) is 3. The fourth-order valence-corrected chi connectivity index (χ4v) is 3.61. The van der Waals surface area contributed by atoms with E-state index in [0.29, 0.717) is 19.6 Å². The highest BCUT2D eigenvalue weighted by atomic mass is 127. The highest BCUT2D eigenvalue weighted by Gasteiger charge is 2.25. The summed E-state index contributed by atoms with van der Waals surface area (Å²) >= 11 is 0. The number of aliphatic imine (C=N–C) groups is 1. The summed E-state index contributed by atoms with van der Waals surface area (Å²) in [5, 5.41) is 19.0. The van der Waals surface area contributed by atoms with Crippen molar-refractivity contribution in [3.8, 4) is 0 Å². The van der Waals surface area contributed by atoms with Crippen LogP contribution in [0.5, 0.6) is 0 Å². The van der Waals surface area contributed by atoms with Crippen molar-refractivity contribution in [2.24, 2.45) is 16.3 Å². The zero-order valence-corrected chi connectivity index (χ0v) is 19.8. The van der Waals surface area contributed by atoms with Crippen LogP contribution in [0.25, 0.3) is 0 Å². The zero-order chi connectivity index (χ0) is 19.3. The number of hydrogen-bond donors (Lipinski definition) is 4. The fourth-order valence-electron chi connectivity index (χ4n) is 3.61. The largest absolute Gasteiger partial charge is 0.396 e. The Bertz CT molecular complexity index is 422. The van der Waals surface area contributed by atoms with Crippen LogP contribution >= 0.6 is 24.0 Å². The summed E-state index contributed by atoms with van der Waals surface area (Å²) in [7, 11) is 0. The summed E-state index contributed by atoms with van der Waals surface area (Å²) in [5.74, 6) is 1.19. The topological polar surface area (TPSA) is 85.8 Å². The molecular formula is C20H41IN4O2. The van der Waals surface area contributed by atoms with Crippen LogP contribution in [-0.4, -0.2) is 49.8 Å². The van der Waals surface area contributed by atoms with Gasteiger partial charge < -0.3 is 21.1 Å². The number of guanidine groups is 1. The number of nitrogens with one attached hydrogen (secondary N) is 3. The number of aliphatic hydroxyl groups excluding tert-OH is 1. The predicted molar refractivity (Wildman–Crippen MR) is 124 cm³/mol. The van der Waals surface area contributed by atoms with Gasteiger partial charge >= 0.3 is 0 Å². The molecule has 7 heteroatoms. The smallest absolute Gasteiger partial charge is 0.223 e. The van der Waals surface area contributed by atoms with Crippen LogP contribution in [0.1, 0.15) is 72.1 Å². The van der Waals surface area contributed by atoms with Crippen molar-refractivity contribution < 1.29 is 9.90 Å². The quantitative estimate of drug-likeness (QED) is 0.153. The van der Waals surface area contributed by atoms with E-state index in [1.165, 1.54) is 19.3 Å². The lowest BCUT2D eigenvalue weighted by atomic mass is 9.79. The number of aliphatic hydroxyl groups is 1. The average molecular weight is 496 g/mol. The molecule has 0 heterocycles. The van der Waals surface area contributed by atoms with Gasteiger partial charge in [-0.2, -0.15) is 0 Å². The molecule has 0 aromatic carbocycles. The van der Waals surface area contributed by atoms with E-state index in [-0.39, 0.29) is 47.8 Å². The monoisotopic (exact) mass is 496 g/mol. The molecule has 0 saturated heterocycles. The molecule has 27 heavy (non-hydrogen) atoms. The van der Waals surface area contributed by atoms with Crippen molar-refractivity contribution in [1.82, 2.24) is 16.0 Å². The van der Waals surface area contributed by atoms with Gasteiger partial charge in [0.25, 0.3) is 0 Å². The van der Waals surface area contributed by atoms with Gasteiger partial charge in [0.05, 0.1) is 0 Å². The van der Waals surface area contributed by atoms with Crippen LogP contribution in [0, 0.1) is 11.3 Å². The number of nitrogens with zero attached hydrogens (tertiary/aromatic N) is 1. The first kappa shape index (κ1) is 26.4. The maximum Gasteiger partial charge on any atom is 0.223 e. The van der Waals surface area contributed by atoms with Gasteiger partial charge in [-0.1, -0.05) is 33.1 Å². The first-order chi connectivity index (χ1) is 12.6. The minimum Gasteiger partial charge on any atom is -0.396 e. The molecule has 0 unspecified atom stereocenters. The van der Waals surface area contributed by atoms with Crippen LogP contribution in [-0.2, 0) is 4.79 Å². The van der Waals surface area contributed by atoms with E-state index < -0.39 is 0 Å². The molecule has 0 radical (unpaired) electrons. The molecule has 160 valence electrons. The van der Waals surface area contributed by atoms with E-state index >= 15 is 0 Å². The second kappa shape index (κ2) is 15.4. The van der Waals surface area contributed by atoms with Gasteiger partial charge in [-0.15, -0.1) is 24.0 Å². The highest BCUT2D eigenvalue weighted by molar-refractivity contribution is 14.0. The second-order valence-electron chi connectivity index (χ2n) is 7.43. The summed E-state index contributed by atoms with van der Waals surface area (Å²) < 4.78 is 0. The third kappa shape index (κ3) is 9.96. The number of amides is 1. The predicted octanol–water partition coefficient (Wildman–Crippen LogP) is 3.04. The van der Waals surface area contributed by atoms with E-state index in [1.54, 1.807) is 0 Å². The van der Waals surface area contributed by atoms with Crippen LogP contribution in [0.4, 0.5) is 0 Å². The summed E-state index contributed by atoms with van der Waals surface area (Å²) in [6.07, 6.45) is 8.47. The SMILES string of the molecule is CCNC(=NCC(CC)(CC)CCO)NCCNC(=O)C1CCCCC1.I. The van der Waals surface area contributed by atoms with Crippen LogP contribution in [0.15, 0.2) is 4.99 Å². The number of halogens is 1. The standard InChI is InChI=1S/C20H40N4O2.HI/c1-4-20(5-2,12-15-25)16-24-19(21-6-3)23-14-13-22-18(26)17-10-8-7-9-11-17;/h17,25H,4-16H2,1-3H3,(H,22,26)(H2,21,23,24);1H. The van der Waals surface area contributed by atoms with Crippen LogP contribution < -0.4 is 16.0 Å². The summed E-state index contributed by atoms with van der Waals surface area (Å²) in [4.78, 5) is 16.9. The molecule has 0 aromatic heterocycles. The maximum atomic E-state index is 12.2. The summed E-state index contributed by atoms with van der Waals surface area (Å²) in [5.41, 5.74) is 0.0618. The fraction of sp³-hybridized carbons (Fsp3) is 0.900. The van der Waals surface area contributed by atoms with Crippen molar-refractivity contribution in [2.75, 3.05) is 32.8 Å². The van der Waals surface area contributed by atoms with Crippen LogP contribution in [0.3, 0.4) is 0 Å². The van der Waals surface area contributed by atoms with Gasteiger partial charge in [0.2, 0.25) is 5.91 Å². The molecule has 0 aromatic rings. The molecule has 1 fully saturated rings. The maximum absolute atomic E-state index is 12.2. The molecule has 0 aliphatic heterocycles. The number of rotatable bonds is 11. The zero-order valence-electron chi connectivity index (χ0n) is 17.5. The van der Waals surface area contributed by atoms with Crippen molar-refractivity contribution in [2.45, 2.75) is 72.1 Å². The molecule has 1 rings (SSSR count). The van der Waals surface area contributed by atoms with E-state index in [0.717, 1.165) is 44.6 Å². The van der Waals surface area contributed by atoms with E-state index in [9.17, 15) is 9.90 Å². The average Bonchev–Trinajstić information content (AvgIpc) is 2.68. The van der Waals surface area contributed by atoms with Crippen LogP contribution in [0.2, 0.25) is 0 Å². The summed E-state index contributed by atoms with van der Waals surface area (Å²) in [6, 6.07) is 0.